The van der Waals surface area contributed by atoms with Crippen molar-refractivity contribution in [2.24, 2.45) is 0 Å². The topological polar surface area (TPSA) is 72.9 Å². The Bertz CT molecular complexity index is 1390. The van der Waals surface area contributed by atoms with Crippen LogP contribution < -0.4 is 5.32 Å². The fourth-order valence-corrected chi connectivity index (χ4v) is 3.47. The van der Waals surface area contributed by atoms with Crippen molar-refractivity contribution >= 4 is 23.1 Å². The maximum absolute atomic E-state index is 14.2. The number of aryl methyl sites for hydroxylation is 1. The first-order chi connectivity index (χ1) is 15.1. The number of nitrogens with one attached hydrogen (secondary N) is 1. The molecule has 0 spiro atoms. The molecule has 0 saturated heterocycles. The van der Waals surface area contributed by atoms with E-state index in [1.807, 2.05) is 49.5 Å². The maximum atomic E-state index is 14.2. The quantitative estimate of drug-likeness (QED) is 0.435. The van der Waals surface area contributed by atoms with E-state index in [1.54, 1.807) is 21.3 Å². The van der Waals surface area contributed by atoms with Gasteiger partial charge in [-0.3, -0.25) is 0 Å². The van der Waals surface area contributed by atoms with Crippen molar-refractivity contribution in [1.29, 1.82) is 0 Å². The van der Waals surface area contributed by atoms with Crippen LogP contribution in [0.1, 0.15) is 11.3 Å². The van der Waals surface area contributed by atoms with Gasteiger partial charge in [0.2, 0.25) is 0 Å². The molecule has 4 aromatic heterocycles. The molecule has 0 atom stereocenters. The second kappa shape index (κ2) is 7.81. The molecule has 1 aromatic carbocycles. The predicted octanol–water partition coefficient (Wildman–Crippen LogP) is 4.69. The fraction of sp³-hybridized carbons (Fsp3) is 0.0909. The van der Waals surface area contributed by atoms with E-state index >= 15 is 0 Å². The molecule has 0 aliphatic rings. The van der Waals surface area contributed by atoms with E-state index in [2.05, 4.69) is 25.5 Å². The molecule has 31 heavy (non-hydrogen) atoms. The Morgan fingerprint density at radius 2 is 2.00 bits per heavy atom. The van der Waals surface area contributed by atoms with Crippen LogP contribution in [0.25, 0.3) is 22.7 Å². The molecule has 5 aromatic rings. The summed E-state index contributed by atoms with van der Waals surface area (Å²) in [6, 6.07) is 16.1. The molecular formula is C22H17ClFN7. The first-order valence-corrected chi connectivity index (χ1v) is 9.96. The van der Waals surface area contributed by atoms with Crippen LogP contribution in [0.2, 0.25) is 5.02 Å². The average molecular weight is 434 g/mol. The molecule has 0 aliphatic carbocycles. The minimum atomic E-state index is -0.364. The van der Waals surface area contributed by atoms with Crippen molar-refractivity contribution < 1.29 is 4.39 Å². The third-order valence-electron chi connectivity index (χ3n) is 4.84. The van der Waals surface area contributed by atoms with E-state index in [-0.39, 0.29) is 12.4 Å². The van der Waals surface area contributed by atoms with Crippen molar-refractivity contribution in [3.05, 3.63) is 89.2 Å². The second-order valence-electron chi connectivity index (χ2n) is 7.03. The summed E-state index contributed by atoms with van der Waals surface area (Å²) in [5.74, 6) is 0.905. The zero-order valence-corrected chi connectivity index (χ0v) is 17.3. The highest BCUT2D eigenvalue weighted by Crippen LogP contribution is 2.26. The van der Waals surface area contributed by atoms with Crippen LogP contribution in [0.15, 0.2) is 67.1 Å². The molecule has 4 heterocycles. The number of nitrogens with zero attached hydrogens (tertiary/aromatic N) is 6. The molecular weight excluding hydrogens is 417 g/mol. The van der Waals surface area contributed by atoms with Crippen LogP contribution in [0.4, 0.5) is 10.2 Å². The summed E-state index contributed by atoms with van der Waals surface area (Å²) in [6.07, 6.45) is 3.39. The van der Waals surface area contributed by atoms with Crippen molar-refractivity contribution in [3.8, 4) is 17.1 Å². The van der Waals surface area contributed by atoms with Gasteiger partial charge in [0.1, 0.15) is 18.0 Å². The van der Waals surface area contributed by atoms with Crippen molar-refractivity contribution in [2.75, 3.05) is 5.32 Å². The van der Waals surface area contributed by atoms with E-state index < -0.39 is 0 Å². The average Bonchev–Trinajstić information content (AvgIpc) is 3.39. The molecule has 1 N–H and O–H groups in total. The van der Waals surface area contributed by atoms with Gasteiger partial charge in [0.15, 0.2) is 11.5 Å². The van der Waals surface area contributed by atoms with Crippen LogP contribution in [-0.2, 0) is 6.54 Å². The molecule has 154 valence electrons. The molecule has 0 unspecified atom stereocenters. The van der Waals surface area contributed by atoms with Crippen LogP contribution in [0, 0.1) is 12.7 Å². The number of aromatic nitrogens is 6. The molecule has 0 amide bonds. The summed E-state index contributed by atoms with van der Waals surface area (Å²) in [5, 5.41) is 12.4. The van der Waals surface area contributed by atoms with Gasteiger partial charge in [-0.15, -0.1) is 5.10 Å². The van der Waals surface area contributed by atoms with Gasteiger partial charge in [-0.05, 0) is 43.3 Å². The minimum absolute atomic E-state index is 0.267. The van der Waals surface area contributed by atoms with Crippen LogP contribution in [0.5, 0.6) is 0 Å². The lowest BCUT2D eigenvalue weighted by Gasteiger charge is -2.07. The van der Waals surface area contributed by atoms with Crippen molar-refractivity contribution in [1.82, 2.24) is 29.4 Å². The summed E-state index contributed by atoms with van der Waals surface area (Å²) >= 11 is 5.85. The second-order valence-corrected chi connectivity index (χ2v) is 7.47. The number of anilines is 1. The Balaban J connectivity index is 1.54. The van der Waals surface area contributed by atoms with Gasteiger partial charge in [0, 0.05) is 40.7 Å². The highest BCUT2D eigenvalue weighted by molar-refractivity contribution is 6.30. The Hall–Kier alpha value is -3.78. The SMILES string of the molecule is Cc1cccc(-n2nc(NCc3ccc(Cl)cc3F)cc2-c2ccc3ncnn3c2)n1. The Kier molecular flexibility index (Phi) is 4.83. The van der Waals surface area contributed by atoms with Crippen LogP contribution >= 0.6 is 11.6 Å². The Morgan fingerprint density at radius 3 is 2.84 bits per heavy atom. The number of halogens is 2. The normalized spacial score (nSPS) is 11.2. The molecule has 0 radical (unpaired) electrons. The smallest absolute Gasteiger partial charge is 0.155 e. The van der Waals surface area contributed by atoms with E-state index in [0.717, 1.165) is 22.6 Å². The third kappa shape index (κ3) is 3.85. The molecule has 7 nitrogen and oxygen atoms in total. The molecule has 0 saturated carbocycles. The molecule has 0 bridgehead atoms. The van der Waals surface area contributed by atoms with Gasteiger partial charge in [0.25, 0.3) is 0 Å². The van der Waals surface area contributed by atoms with Crippen LogP contribution in [-0.4, -0.2) is 29.4 Å². The van der Waals surface area contributed by atoms with Gasteiger partial charge in [-0.25, -0.2) is 23.6 Å². The van der Waals surface area contributed by atoms with E-state index in [9.17, 15) is 4.39 Å². The van der Waals surface area contributed by atoms with Crippen LogP contribution in [0.3, 0.4) is 0 Å². The summed E-state index contributed by atoms with van der Waals surface area (Å²) in [6.45, 7) is 2.19. The van der Waals surface area contributed by atoms with Gasteiger partial charge in [-0.1, -0.05) is 23.7 Å². The van der Waals surface area contributed by atoms with Crippen molar-refractivity contribution in [3.63, 3.8) is 0 Å². The van der Waals surface area contributed by atoms with Gasteiger partial charge in [0.05, 0.1) is 5.69 Å². The van der Waals surface area contributed by atoms with Gasteiger partial charge < -0.3 is 5.32 Å². The van der Waals surface area contributed by atoms with E-state index in [0.29, 0.717) is 22.2 Å². The monoisotopic (exact) mass is 433 g/mol. The number of hydrogen-bond donors (Lipinski definition) is 1. The summed E-state index contributed by atoms with van der Waals surface area (Å²) in [4.78, 5) is 8.79. The first kappa shape index (κ1) is 19.2. The summed E-state index contributed by atoms with van der Waals surface area (Å²) < 4.78 is 17.6. The van der Waals surface area contributed by atoms with Gasteiger partial charge in [-0.2, -0.15) is 5.10 Å². The standard InChI is InChI=1S/C22H17ClFN7/c1-14-3-2-4-22(28-14)31-19(16-6-8-21-26-13-27-30(21)12-16)10-20(29-31)25-11-15-5-7-17(23)9-18(15)24/h2-10,12-13H,11H2,1H3,(H,25,29). The Labute approximate surface area is 182 Å². The largest absolute Gasteiger partial charge is 0.364 e. The lowest BCUT2D eigenvalue weighted by molar-refractivity contribution is 0.613. The zero-order valence-electron chi connectivity index (χ0n) is 16.5. The molecule has 0 fully saturated rings. The van der Waals surface area contributed by atoms with Crippen molar-refractivity contribution in [2.45, 2.75) is 13.5 Å². The number of rotatable bonds is 5. The number of pyridine rings is 2. The zero-order chi connectivity index (χ0) is 21.4. The highest BCUT2D eigenvalue weighted by atomic mass is 35.5. The highest BCUT2D eigenvalue weighted by Gasteiger charge is 2.14. The number of benzene rings is 1. The molecule has 5 rings (SSSR count). The lowest BCUT2D eigenvalue weighted by atomic mass is 10.2. The maximum Gasteiger partial charge on any atom is 0.155 e. The summed E-state index contributed by atoms with van der Waals surface area (Å²) in [5.41, 5.74) is 3.83. The lowest BCUT2D eigenvalue weighted by Crippen LogP contribution is -2.05. The van der Waals surface area contributed by atoms with E-state index in [1.165, 1.54) is 12.4 Å². The fourth-order valence-electron chi connectivity index (χ4n) is 3.31. The summed E-state index contributed by atoms with van der Waals surface area (Å²) in [7, 11) is 0. The predicted molar refractivity (Wildman–Crippen MR) is 117 cm³/mol. The molecule has 0 aliphatic heterocycles. The Morgan fingerprint density at radius 1 is 1.10 bits per heavy atom. The number of fused-ring (bicyclic) bond motifs is 1. The van der Waals surface area contributed by atoms with Gasteiger partial charge >= 0.3 is 0 Å². The van der Waals surface area contributed by atoms with E-state index in [4.69, 9.17) is 11.6 Å². The third-order valence-corrected chi connectivity index (χ3v) is 5.08. The number of hydrogen-bond acceptors (Lipinski definition) is 5. The molecule has 9 heteroatoms. The first-order valence-electron chi connectivity index (χ1n) is 9.58. The minimum Gasteiger partial charge on any atom is -0.364 e.